The predicted molar refractivity (Wildman–Crippen MR) is 147 cm³/mol. The van der Waals surface area contributed by atoms with Gasteiger partial charge in [0.15, 0.2) is 0 Å². The van der Waals surface area contributed by atoms with Gasteiger partial charge in [-0.05, 0) is 47.6 Å². The molecule has 39 heavy (non-hydrogen) atoms. The second-order valence-electron chi connectivity index (χ2n) is 9.34. The number of fused-ring (bicyclic) bond motifs is 2. The van der Waals surface area contributed by atoms with Crippen LogP contribution >= 0.6 is 0 Å². The first kappa shape index (κ1) is 26.1. The maximum atomic E-state index is 15.4. The molecule has 1 aliphatic rings. The zero-order chi connectivity index (χ0) is 27.5. The van der Waals surface area contributed by atoms with E-state index < -0.39 is 23.6 Å². The van der Waals surface area contributed by atoms with Gasteiger partial charge in [-0.25, -0.2) is 9.29 Å². The van der Waals surface area contributed by atoms with E-state index in [1.54, 1.807) is 6.92 Å². The van der Waals surface area contributed by atoms with Crippen LogP contribution in [0.25, 0.3) is 10.8 Å². The van der Waals surface area contributed by atoms with E-state index >= 15 is 4.39 Å². The number of anilines is 1. The lowest BCUT2D eigenvalue weighted by atomic mass is 9.91. The molecule has 0 saturated heterocycles. The first-order chi connectivity index (χ1) is 18.9. The summed E-state index contributed by atoms with van der Waals surface area (Å²) in [5.74, 6) is -2.19. The number of carbonyl (C=O) groups excluding carboxylic acids is 3. The number of halogens is 1. The number of esters is 1. The van der Waals surface area contributed by atoms with Crippen molar-refractivity contribution in [1.82, 2.24) is 0 Å². The molecule has 0 saturated carbocycles. The third kappa shape index (κ3) is 4.88. The quantitative estimate of drug-likeness (QED) is 0.186. The fourth-order valence-corrected chi connectivity index (χ4v) is 5.06. The van der Waals surface area contributed by atoms with Gasteiger partial charge in [0.1, 0.15) is 18.2 Å². The summed E-state index contributed by atoms with van der Waals surface area (Å²) in [6.45, 7) is 4.11. The molecule has 0 radical (unpaired) electrons. The number of hydrogen-bond acceptors (Lipinski definition) is 5. The standard InChI is InChI=1S/C32H28FNO5/c1-3-10-23-22-13-8-9-14-24(22)30(39-19-20-11-6-5-7-12-20)29-28(23)31(36)34(32(29)37)26-16-15-21(17-25(26)33)18-27(35)38-4-2/h5-9,11-17H,3-4,10,18-19H2,1-2H3. The highest BCUT2D eigenvalue weighted by Crippen LogP contribution is 2.43. The van der Waals surface area contributed by atoms with Gasteiger partial charge in [0, 0.05) is 5.39 Å². The summed E-state index contributed by atoms with van der Waals surface area (Å²) < 4.78 is 26.6. The smallest absolute Gasteiger partial charge is 0.310 e. The van der Waals surface area contributed by atoms with Crippen LogP contribution in [0.1, 0.15) is 57.7 Å². The Morgan fingerprint density at radius 3 is 2.23 bits per heavy atom. The summed E-state index contributed by atoms with van der Waals surface area (Å²) in [6.07, 6.45) is 1.20. The molecular formula is C32H28FNO5. The fraction of sp³-hybridized carbons (Fsp3) is 0.219. The number of aryl methyl sites for hydroxylation is 1. The van der Waals surface area contributed by atoms with Crippen molar-refractivity contribution >= 4 is 34.2 Å². The van der Waals surface area contributed by atoms with Crippen molar-refractivity contribution in [2.75, 3.05) is 11.5 Å². The average molecular weight is 526 g/mol. The van der Waals surface area contributed by atoms with Crippen LogP contribution in [0.15, 0.2) is 72.8 Å². The van der Waals surface area contributed by atoms with E-state index in [-0.39, 0.29) is 36.4 Å². The molecule has 2 amide bonds. The molecule has 0 N–H and O–H groups in total. The molecule has 4 aromatic carbocycles. The number of ether oxygens (including phenoxy) is 2. The molecule has 0 unspecified atom stereocenters. The molecule has 0 aromatic heterocycles. The van der Waals surface area contributed by atoms with Crippen molar-refractivity contribution in [2.45, 2.75) is 39.7 Å². The Balaban J connectivity index is 1.62. The molecule has 0 atom stereocenters. The monoisotopic (exact) mass is 525 g/mol. The second kappa shape index (κ2) is 11.1. The summed E-state index contributed by atoms with van der Waals surface area (Å²) in [7, 11) is 0. The van der Waals surface area contributed by atoms with Crippen LogP contribution in [0.5, 0.6) is 5.75 Å². The van der Waals surface area contributed by atoms with Crippen LogP contribution in [0.3, 0.4) is 0 Å². The molecule has 1 aliphatic heterocycles. The molecule has 0 bridgehead atoms. The predicted octanol–water partition coefficient (Wildman–Crippen LogP) is 6.42. The molecule has 198 valence electrons. The zero-order valence-corrected chi connectivity index (χ0v) is 21.8. The van der Waals surface area contributed by atoms with Gasteiger partial charge < -0.3 is 9.47 Å². The SMILES string of the molecule is CCCc1c2c(c(OCc3ccccc3)c3ccccc13)C(=O)N(c1ccc(CC(=O)OCC)cc1F)C2=O. The largest absolute Gasteiger partial charge is 0.487 e. The van der Waals surface area contributed by atoms with Crippen LogP contribution in [-0.4, -0.2) is 24.4 Å². The third-order valence-corrected chi connectivity index (χ3v) is 6.74. The van der Waals surface area contributed by atoms with Crippen molar-refractivity contribution in [2.24, 2.45) is 0 Å². The average Bonchev–Trinajstić information content (AvgIpc) is 3.19. The third-order valence-electron chi connectivity index (χ3n) is 6.74. The summed E-state index contributed by atoms with van der Waals surface area (Å²) in [5, 5.41) is 1.55. The van der Waals surface area contributed by atoms with E-state index in [1.807, 2.05) is 61.5 Å². The van der Waals surface area contributed by atoms with Gasteiger partial charge in [0.25, 0.3) is 11.8 Å². The number of benzene rings is 4. The van der Waals surface area contributed by atoms with Gasteiger partial charge in [-0.2, -0.15) is 0 Å². The summed E-state index contributed by atoms with van der Waals surface area (Å²) in [4.78, 5) is 40.5. The number of rotatable bonds is 9. The van der Waals surface area contributed by atoms with Crippen molar-refractivity contribution in [3.8, 4) is 5.75 Å². The molecule has 7 heteroatoms. The molecule has 0 spiro atoms. The highest BCUT2D eigenvalue weighted by atomic mass is 19.1. The van der Waals surface area contributed by atoms with Crippen LogP contribution in [0.2, 0.25) is 0 Å². The molecular weight excluding hydrogens is 497 g/mol. The van der Waals surface area contributed by atoms with Gasteiger partial charge in [-0.1, -0.05) is 74.0 Å². The molecule has 1 heterocycles. The topological polar surface area (TPSA) is 72.9 Å². The van der Waals surface area contributed by atoms with E-state index in [9.17, 15) is 14.4 Å². The maximum Gasteiger partial charge on any atom is 0.310 e. The highest BCUT2D eigenvalue weighted by molar-refractivity contribution is 6.37. The lowest BCUT2D eigenvalue weighted by Crippen LogP contribution is -2.30. The van der Waals surface area contributed by atoms with Gasteiger partial charge in [0.05, 0.1) is 29.8 Å². The molecule has 5 rings (SSSR count). The minimum Gasteiger partial charge on any atom is -0.487 e. The number of amides is 2. The van der Waals surface area contributed by atoms with E-state index in [0.29, 0.717) is 17.7 Å². The highest BCUT2D eigenvalue weighted by Gasteiger charge is 2.43. The van der Waals surface area contributed by atoms with Gasteiger partial charge >= 0.3 is 5.97 Å². The molecule has 0 aliphatic carbocycles. The minimum atomic E-state index is -0.778. The van der Waals surface area contributed by atoms with Gasteiger partial charge in [-0.3, -0.25) is 14.4 Å². The first-order valence-corrected chi connectivity index (χ1v) is 13.0. The van der Waals surface area contributed by atoms with Crippen molar-refractivity contribution in [1.29, 1.82) is 0 Å². The van der Waals surface area contributed by atoms with E-state index in [4.69, 9.17) is 9.47 Å². The van der Waals surface area contributed by atoms with Crippen molar-refractivity contribution in [3.05, 3.63) is 106 Å². The van der Waals surface area contributed by atoms with Gasteiger partial charge in [0.2, 0.25) is 0 Å². The van der Waals surface area contributed by atoms with E-state index in [2.05, 4.69) is 0 Å². The number of carbonyl (C=O) groups is 3. The lowest BCUT2D eigenvalue weighted by Gasteiger charge is -2.16. The summed E-state index contributed by atoms with van der Waals surface area (Å²) >= 11 is 0. The Kier molecular flexibility index (Phi) is 7.41. The van der Waals surface area contributed by atoms with Crippen LogP contribution in [0.4, 0.5) is 10.1 Å². The number of nitrogens with zero attached hydrogens (tertiary/aromatic N) is 1. The Bertz CT molecular complexity index is 1580. The summed E-state index contributed by atoms with van der Waals surface area (Å²) in [5.41, 5.74) is 2.26. The second-order valence-corrected chi connectivity index (χ2v) is 9.34. The maximum absolute atomic E-state index is 15.4. The normalized spacial score (nSPS) is 12.6. The van der Waals surface area contributed by atoms with Crippen molar-refractivity contribution in [3.63, 3.8) is 0 Å². The molecule has 6 nitrogen and oxygen atoms in total. The van der Waals surface area contributed by atoms with Gasteiger partial charge in [-0.15, -0.1) is 0 Å². The summed E-state index contributed by atoms with van der Waals surface area (Å²) in [6, 6.07) is 21.1. The van der Waals surface area contributed by atoms with E-state index in [0.717, 1.165) is 39.3 Å². The Hall–Kier alpha value is -4.52. The number of imide groups is 1. The van der Waals surface area contributed by atoms with Crippen molar-refractivity contribution < 1.29 is 28.2 Å². The Morgan fingerprint density at radius 2 is 1.54 bits per heavy atom. The van der Waals surface area contributed by atoms with Crippen LogP contribution < -0.4 is 9.64 Å². The lowest BCUT2D eigenvalue weighted by molar-refractivity contribution is -0.142. The van der Waals surface area contributed by atoms with E-state index in [1.165, 1.54) is 12.1 Å². The molecule has 4 aromatic rings. The van der Waals surface area contributed by atoms with Crippen LogP contribution in [-0.2, 0) is 29.0 Å². The first-order valence-electron chi connectivity index (χ1n) is 13.0. The Morgan fingerprint density at radius 1 is 0.846 bits per heavy atom. The minimum absolute atomic E-state index is 0.114. The Labute approximate surface area is 226 Å². The molecule has 0 fully saturated rings. The fourth-order valence-electron chi connectivity index (χ4n) is 5.06. The van der Waals surface area contributed by atoms with Crippen LogP contribution in [0, 0.1) is 5.82 Å². The number of hydrogen-bond donors (Lipinski definition) is 0. The zero-order valence-electron chi connectivity index (χ0n) is 21.8.